The summed E-state index contributed by atoms with van der Waals surface area (Å²) in [4.78, 5) is 46.1. The molecule has 0 atom stereocenters. The quantitative estimate of drug-likeness (QED) is 0.424. The van der Waals surface area contributed by atoms with E-state index in [1.165, 1.54) is 29.6 Å². The number of nitrogens with zero attached hydrogens (tertiary/aromatic N) is 5. The molecule has 172 valence electrons. The Kier molecular flexibility index (Phi) is 5.09. The highest BCUT2D eigenvalue weighted by atomic mass is 35.5. The van der Waals surface area contributed by atoms with E-state index in [9.17, 15) is 14.4 Å². The Balaban J connectivity index is 1.45. The van der Waals surface area contributed by atoms with E-state index in [2.05, 4.69) is 15.3 Å². The molecule has 0 spiro atoms. The highest BCUT2D eigenvalue weighted by Gasteiger charge is 2.18. The van der Waals surface area contributed by atoms with Crippen LogP contribution in [0.2, 0.25) is 5.02 Å². The van der Waals surface area contributed by atoms with Crippen molar-refractivity contribution in [2.45, 2.75) is 13.5 Å². The number of nitrogens with one attached hydrogen (secondary N) is 1. The van der Waals surface area contributed by atoms with Crippen molar-refractivity contribution in [1.82, 2.24) is 23.7 Å². The second-order valence-corrected chi connectivity index (χ2v) is 8.34. The van der Waals surface area contributed by atoms with E-state index in [0.29, 0.717) is 27.7 Å². The predicted octanol–water partition coefficient (Wildman–Crippen LogP) is 2.84. The van der Waals surface area contributed by atoms with Crippen LogP contribution in [-0.4, -0.2) is 29.6 Å². The Morgan fingerprint density at radius 3 is 2.74 bits per heavy atom. The van der Waals surface area contributed by atoms with Crippen molar-refractivity contribution >= 4 is 45.5 Å². The molecule has 3 aromatic heterocycles. The molecule has 0 unspecified atom stereocenters. The van der Waals surface area contributed by atoms with Gasteiger partial charge in [-0.2, -0.15) is 0 Å². The first-order valence-corrected chi connectivity index (χ1v) is 10.7. The zero-order valence-electron chi connectivity index (χ0n) is 18.5. The van der Waals surface area contributed by atoms with Gasteiger partial charge >= 0.3 is 5.69 Å². The SMILES string of the molecule is Cc1c(NC(=O)Cn2cnc3c(=O)n(C)c(=O)n(C)c32)cccc1-c1nc2cc(Cl)ccc2o1. The molecule has 0 saturated heterocycles. The van der Waals surface area contributed by atoms with Crippen molar-refractivity contribution in [3.05, 3.63) is 74.1 Å². The number of rotatable bonds is 4. The Labute approximate surface area is 197 Å². The van der Waals surface area contributed by atoms with Crippen LogP contribution in [0.15, 0.2) is 56.7 Å². The minimum absolute atomic E-state index is 0.117. The summed E-state index contributed by atoms with van der Waals surface area (Å²) in [5.74, 6) is 0.0642. The van der Waals surface area contributed by atoms with Gasteiger partial charge in [0.25, 0.3) is 5.56 Å². The van der Waals surface area contributed by atoms with Gasteiger partial charge in [-0.15, -0.1) is 0 Å². The van der Waals surface area contributed by atoms with Crippen LogP contribution in [0.25, 0.3) is 33.7 Å². The maximum Gasteiger partial charge on any atom is 0.332 e. The van der Waals surface area contributed by atoms with E-state index in [4.69, 9.17) is 16.0 Å². The Hall–Kier alpha value is -4.18. The largest absolute Gasteiger partial charge is 0.436 e. The van der Waals surface area contributed by atoms with E-state index in [-0.39, 0.29) is 23.6 Å². The average Bonchev–Trinajstić information content (AvgIpc) is 3.41. The number of imidazole rings is 1. The van der Waals surface area contributed by atoms with E-state index in [1.54, 1.807) is 30.3 Å². The molecule has 1 N–H and O–H groups in total. The third kappa shape index (κ3) is 3.48. The second-order valence-electron chi connectivity index (χ2n) is 7.91. The molecule has 0 aliphatic carbocycles. The van der Waals surface area contributed by atoms with Gasteiger partial charge in [0.05, 0.1) is 6.33 Å². The molecule has 0 saturated carbocycles. The highest BCUT2D eigenvalue weighted by Crippen LogP contribution is 2.31. The van der Waals surface area contributed by atoms with Crippen LogP contribution < -0.4 is 16.6 Å². The van der Waals surface area contributed by atoms with Crippen molar-refractivity contribution in [2.75, 3.05) is 5.32 Å². The molecular formula is C23H19ClN6O4. The monoisotopic (exact) mass is 478 g/mol. The lowest BCUT2D eigenvalue weighted by Gasteiger charge is -2.12. The zero-order chi connectivity index (χ0) is 24.1. The van der Waals surface area contributed by atoms with Crippen LogP contribution in [0, 0.1) is 6.92 Å². The van der Waals surface area contributed by atoms with Crippen LogP contribution in [-0.2, 0) is 25.4 Å². The number of aromatic nitrogens is 5. The van der Waals surface area contributed by atoms with Crippen molar-refractivity contribution in [3.63, 3.8) is 0 Å². The van der Waals surface area contributed by atoms with Gasteiger partial charge in [0, 0.05) is 30.4 Å². The van der Waals surface area contributed by atoms with Crippen LogP contribution in [0.4, 0.5) is 5.69 Å². The maximum atomic E-state index is 12.9. The van der Waals surface area contributed by atoms with Crippen LogP contribution in [0.1, 0.15) is 5.56 Å². The van der Waals surface area contributed by atoms with E-state index in [1.807, 2.05) is 13.0 Å². The molecule has 5 rings (SSSR count). The summed E-state index contributed by atoms with van der Waals surface area (Å²) >= 11 is 6.04. The number of hydrogen-bond acceptors (Lipinski definition) is 6. The normalized spacial score (nSPS) is 11.4. The zero-order valence-corrected chi connectivity index (χ0v) is 19.3. The lowest BCUT2D eigenvalue weighted by Crippen LogP contribution is -2.37. The Bertz CT molecular complexity index is 1730. The first kappa shape index (κ1) is 21.7. The lowest BCUT2D eigenvalue weighted by atomic mass is 10.1. The van der Waals surface area contributed by atoms with Crippen molar-refractivity contribution in [1.29, 1.82) is 0 Å². The van der Waals surface area contributed by atoms with Gasteiger partial charge in [-0.25, -0.2) is 14.8 Å². The maximum absolute atomic E-state index is 12.9. The van der Waals surface area contributed by atoms with Gasteiger partial charge < -0.3 is 14.3 Å². The summed E-state index contributed by atoms with van der Waals surface area (Å²) < 4.78 is 9.61. The molecular weight excluding hydrogens is 460 g/mol. The first-order valence-electron chi connectivity index (χ1n) is 10.3. The molecule has 34 heavy (non-hydrogen) atoms. The van der Waals surface area contributed by atoms with Gasteiger partial charge in [0.2, 0.25) is 11.8 Å². The summed E-state index contributed by atoms with van der Waals surface area (Å²) in [5, 5.41) is 3.44. The molecule has 5 aromatic rings. The van der Waals surface area contributed by atoms with Crippen LogP contribution in [0.3, 0.4) is 0 Å². The number of aryl methyl sites for hydroxylation is 1. The number of fused-ring (bicyclic) bond motifs is 2. The van der Waals surface area contributed by atoms with E-state index in [0.717, 1.165) is 15.7 Å². The van der Waals surface area contributed by atoms with Crippen molar-refractivity contribution in [2.24, 2.45) is 14.1 Å². The number of carbonyl (C=O) groups is 1. The van der Waals surface area contributed by atoms with Crippen LogP contribution in [0.5, 0.6) is 0 Å². The number of benzene rings is 2. The van der Waals surface area contributed by atoms with Gasteiger partial charge in [0.1, 0.15) is 17.7 Å². The van der Waals surface area contributed by atoms with E-state index < -0.39 is 11.2 Å². The number of carbonyl (C=O) groups excluding carboxylic acids is 1. The third-order valence-electron chi connectivity index (χ3n) is 5.71. The topological polar surface area (TPSA) is 117 Å². The fraction of sp³-hybridized carbons (Fsp3) is 0.174. The lowest BCUT2D eigenvalue weighted by molar-refractivity contribution is -0.116. The predicted molar refractivity (Wildman–Crippen MR) is 128 cm³/mol. The minimum atomic E-state index is -0.513. The molecule has 3 heterocycles. The first-order chi connectivity index (χ1) is 16.2. The van der Waals surface area contributed by atoms with Gasteiger partial charge in [-0.05, 0) is 42.8 Å². The fourth-order valence-electron chi connectivity index (χ4n) is 3.92. The highest BCUT2D eigenvalue weighted by molar-refractivity contribution is 6.31. The summed E-state index contributed by atoms with van der Waals surface area (Å²) in [6, 6.07) is 10.6. The second kappa shape index (κ2) is 7.99. The molecule has 0 radical (unpaired) electrons. The number of hydrogen-bond donors (Lipinski definition) is 1. The molecule has 0 fully saturated rings. The number of amides is 1. The molecule has 0 aliphatic rings. The molecule has 10 nitrogen and oxygen atoms in total. The number of halogens is 1. The summed E-state index contributed by atoms with van der Waals surface area (Å²) in [5.41, 5.74) is 2.71. The average molecular weight is 479 g/mol. The van der Waals surface area contributed by atoms with Gasteiger partial charge in [-0.3, -0.25) is 18.7 Å². The fourth-order valence-corrected chi connectivity index (χ4v) is 4.08. The smallest absolute Gasteiger partial charge is 0.332 e. The van der Waals surface area contributed by atoms with Crippen LogP contribution >= 0.6 is 11.6 Å². The summed E-state index contributed by atoms with van der Waals surface area (Å²) in [6.07, 6.45) is 1.37. The van der Waals surface area contributed by atoms with E-state index >= 15 is 0 Å². The van der Waals surface area contributed by atoms with Crippen molar-refractivity contribution < 1.29 is 9.21 Å². The standard InChI is InChI=1S/C23H19ClN6O4/c1-12-14(20-27-16-9-13(24)7-8-17(16)34-20)5-4-6-15(12)26-18(31)10-30-11-25-19-21(30)28(2)23(33)29(3)22(19)32/h4-9,11H,10H2,1-3H3,(H,26,31). The Morgan fingerprint density at radius 1 is 1.15 bits per heavy atom. The number of oxazole rings is 1. The Morgan fingerprint density at radius 2 is 1.94 bits per heavy atom. The van der Waals surface area contributed by atoms with Gasteiger partial charge in [0.15, 0.2) is 11.1 Å². The molecule has 2 aromatic carbocycles. The summed E-state index contributed by atoms with van der Waals surface area (Å²) in [7, 11) is 2.92. The van der Waals surface area contributed by atoms with Gasteiger partial charge in [-0.1, -0.05) is 17.7 Å². The molecule has 0 aliphatic heterocycles. The summed E-state index contributed by atoms with van der Waals surface area (Å²) in [6.45, 7) is 1.72. The molecule has 1 amide bonds. The van der Waals surface area contributed by atoms with Crippen molar-refractivity contribution in [3.8, 4) is 11.5 Å². The third-order valence-corrected chi connectivity index (χ3v) is 5.95. The molecule has 11 heteroatoms. The minimum Gasteiger partial charge on any atom is -0.436 e. The number of anilines is 1. The molecule has 0 bridgehead atoms.